The summed E-state index contributed by atoms with van der Waals surface area (Å²) in [6, 6.07) is 1.72. The van der Waals surface area contributed by atoms with Crippen molar-refractivity contribution in [3.8, 4) is 11.4 Å². The third kappa shape index (κ3) is 0.556. The van der Waals surface area contributed by atoms with Crippen LogP contribution < -0.4 is 5.73 Å². The van der Waals surface area contributed by atoms with Gasteiger partial charge in [0.2, 0.25) is 0 Å². The molecule has 0 atom stereocenters. The second-order valence-electron chi connectivity index (χ2n) is 1.95. The highest BCUT2D eigenvalue weighted by Crippen LogP contribution is 2.22. The molecule has 0 saturated heterocycles. The zero-order valence-corrected chi connectivity index (χ0v) is 5.11. The number of anilines is 1. The van der Waals surface area contributed by atoms with Gasteiger partial charge in [0, 0.05) is 6.07 Å². The molecule has 4 heteroatoms. The van der Waals surface area contributed by atoms with Crippen molar-refractivity contribution in [2.75, 3.05) is 5.73 Å². The van der Waals surface area contributed by atoms with Gasteiger partial charge in [0.25, 0.3) is 0 Å². The topological polar surface area (TPSA) is 64.9 Å². The summed E-state index contributed by atoms with van der Waals surface area (Å²) in [5.41, 5.74) is 7.44. The van der Waals surface area contributed by atoms with E-state index in [0.717, 1.165) is 5.69 Å². The Labute approximate surface area is 57.0 Å². The summed E-state index contributed by atoms with van der Waals surface area (Å²) in [5.74, 6) is 0. The van der Waals surface area contributed by atoms with Crippen molar-refractivity contribution in [3.05, 3.63) is 18.5 Å². The molecule has 0 unspecified atom stereocenters. The summed E-state index contributed by atoms with van der Waals surface area (Å²) < 4.78 is 4.66. The lowest BCUT2D eigenvalue weighted by Crippen LogP contribution is -1.86. The molecule has 0 bridgehead atoms. The van der Waals surface area contributed by atoms with Crippen LogP contribution in [0.1, 0.15) is 0 Å². The van der Waals surface area contributed by atoms with E-state index < -0.39 is 0 Å². The van der Waals surface area contributed by atoms with Crippen molar-refractivity contribution in [2.24, 2.45) is 0 Å². The molecule has 0 aliphatic carbocycles. The Kier molecular flexibility index (Phi) is 0.887. The van der Waals surface area contributed by atoms with Gasteiger partial charge in [-0.2, -0.15) is 0 Å². The fraction of sp³-hybridized carbons (Fsp3) is 0. The molecule has 0 spiro atoms. The molecule has 0 aromatic carbocycles. The molecule has 4 nitrogen and oxygen atoms in total. The molecule has 0 aromatic rings. The van der Waals surface area contributed by atoms with E-state index in [0.29, 0.717) is 11.4 Å². The second-order valence-corrected chi connectivity index (χ2v) is 1.95. The Morgan fingerprint density at radius 2 is 2.40 bits per heavy atom. The molecule has 2 heterocycles. The van der Waals surface area contributed by atoms with Crippen LogP contribution in [0.5, 0.6) is 0 Å². The predicted octanol–water partition coefficient (Wildman–Crippen LogP) is 0.757. The number of hydrogen-bond donors (Lipinski definition) is 1. The van der Waals surface area contributed by atoms with Gasteiger partial charge in [-0.25, -0.2) is 0 Å². The van der Waals surface area contributed by atoms with E-state index in [1.807, 2.05) is 0 Å². The highest BCUT2D eigenvalue weighted by molar-refractivity contribution is 5.70. The number of hydrogen-bond acceptors (Lipinski definition) is 4. The minimum atomic E-state index is 0.555. The van der Waals surface area contributed by atoms with Gasteiger partial charge in [-0.1, -0.05) is 5.16 Å². The maximum atomic E-state index is 5.49. The highest BCUT2D eigenvalue weighted by atomic mass is 16.4. The van der Waals surface area contributed by atoms with Crippen LogP contribution in [0, 0.1) is 0 Å². The summed E-state index contributed by atoms with van der Waals surface area (Å²) in [5, 5.41) is 3.68. The lowest BCUT2D eigenvalue weighted by molar-refractivity contribution is 0.403. The van der Waals surface area contributed by atoms with Gasteiger partial charge in [-0.3, -0.25) is 4.98 Å². The van der Waals surface area contributed by atoms with Gasteiger partial charge in [-0.05, 0) is 0 Å². The third-order valence-electron chi connectivity index (χ3n) is 1.29. The molecule has 50 valence electrons. The lowest BCUT2D eigenvalue weighted by atomic mass is 10.3. The van der Waals surface area contributed by atoms with Crippen LogP contribution in [-0.4, -0.2) is 10.1 Å². The molecule has 0 fully saturated rings. The zero-order chi connectivity index (χ0) is 6.97. The van der Waals surface area contributed by atoms with E-state index in [1.54, 1.807) is 12.3 Å². The van der Waals surface area contributed by atoms with E-state index in [4.69, 9.17) is 5.73 Å². The first kappa shape index (κ1) is 5.22. The van der Waals surface area contributed by atoms with Crippen molar-refractivity contribution in [3.63, 3.8) is 0 Å². The normalized spacial score (nSPS) is 10.4. The quantitative estimate of drug-likeness (QED) is 0.579. The molecule has 0 aromatic heterocycles. The van der Waals surface area contributed by atoms with E-state index >= 15 is 0 Å². The van der Waals surface area contributed by atoms with Crippen molar-refractivity contribution in [1.29, 1.82) is 0 Å². The number of nitrogens with zero attached hydrogens (tertiary/aromatic N) is 2. The van der Waals surface area contributed by atoms with Gasteiger partial charge >= 0.3 is 0 Å². The summed E-state index contributed by atoms with van der Waals surface area (Å²) in [7, 11) is 0. The van der Waals surface area contributed by atoms with Crippen LogP contribution in [0.15, 0.2) is 23.0 Å². The van der Waals surface area contributed by atoms with E-state index in [9.17, 15) is 0 Å². The van der Waals surface area contributed by atoms with Gasteiger partial charge in [0.15, 0.2) is 5.69 Å². The van der Waals surface area contributed by atoms with Crippen LogP contribution in [0.2, 0.25) is 0 Å². The van der Waals surface area contributed by atoms with Crippen molar-refractivity contribution in [2.45, 2.75) is 0 Å². The predicted molar refractivity (Wildman–Crippen MR) is 35.3 cm³/mol. The summed E-state index contributed by atoms with van der Waals surface area (Å²) >= 11 is 0. The van der Waals surface area contributed by atoms with Gasteiger partial charge in [0.05, 0.1) is 17.6 Å². The first-order valence-corrected chi connectivity index (χ1v) is 2.82. The van der Waals surface area contributed by atoms with Crippen LogP contribution >= 0.6 is 0 Å². The minimum Gasteiger partial charge on any atom is -0.396 e. The Bertz CT molecular complexity index is 317. The minimum absolute atomic E-state index is 0.555. The SMILES string of the molecule is Nc1cnc2cconc1-2. The van der Waals surface area contributed by atoms with E-state index in [-0.39, 0.29) is 0 Å². The Hall–Kier alpha value is -1.58. The van der Waals surface area contributed by atoms with Crippen LogP contribution in [-0.2, 0) is 0 Å². The molecule has 0 radical (unpaired) electrons. The average Bonchev–Trinajstić information content (AvgIpc) is 2.34. The van der Waals surface area contributed by atoms with Crippen molar-refractivity contribution < 1.29 is 4.52 Å². The molecule has 10 heavy (non-hydrogen) atoms. The molecule has 0 amide bonds. The molecular formula is C6H5N3O. The van der Waals surface area contributed by atoms with Gasteiger partial charge < -0.3 is 10.3 Å². The van der Waals surface area contributed by atoms with E-state index in [2.05, 4.69) is 14.7 Å². The maximum absolute atomic E-state index is 5.49. The largest absolute Gasteiger partial charge is 0.396 e. The maximum Gasteiger partial charge on any atom is 0.153 e. The smallest absolute Gasteiger partial charge is 0.153 e. The van der Waals surface area contributed by atoms with E-state index in [1.165, 1.54) is 6.26 Å². The Morgan fingerprint density at radius 3 is 3.20 bits per heavy atom. The fourth-order valence-electron chi connectivity index (χ4n) is 0.809. The average molecular weight is 135 g/mol. The number of aromatic nitrogens is 2. The fourth-order valence-corrected chi connectivity index (χ4v) is 0.809. The lowest BCUT2D eigenvalue weighted by Gasteiger charge is -1.91. The summed E-state index contributed by atoms with van der Waals surface area (Å²) in [6.07, 6.45) is 3.03. The Balaban J connectivity index is 2.78. The van der Waals surface area contributed by atoms with Gasteiger partial charge in [0.1, 0.15) is 6.26 Å². The van der Waals surface area contributed by atoms with Crippen LogP contribution in [0.3, 0.4) is 0 Å². The number of fused-ring (bicyclic) bond motifs is 1. The number of rotatable bonds is 0. The second kappa shape index (κ2) is 1.70. The molecule has 2 N–H and O–H groups in total. The summed E-state index contributed by atoms with van der Waals surface area (Å²) in [6.45, 7) is 0. The zero-order valence-electron chi connectivity index (χ0n) is 5.11. The number of nitrogens with two attached hydrogens (primary N) is 1. The first-order chi connectivity index (χ1) is 4.88. The number of nitrogen functional groups attached to an aromatic ring is 1. The van der Waals surface area contributed by atoms with Gasteiger partial charge in [-0.15, -0.1) is 0 Å². The Morgan fingerprint density at radius 1 is 1.50 bits per heavy atom. The molecule has 0 saturated carbocycles. The van der Waals surface area contributed by atoms with Crippen LogP contribution in [0.4, 0.5) is 5.69 Å². The highest BCUT2D eigenvalue weighted by Gasteiger charge is 2.09. The molecule has 2 aliphatic rings. The molecule has 2 aliphatic heterocycles. The third-order valence-corrected chi connectivity index (χ3v) is 1.29. The summed E-state index contributed by atoms with van der Waals surface area (Å²) in [4.78, 5) is 3.97. The molecular weight excluding hydrogens is 130 g/mol. The first-order valence-electron chi connectivity index (χ1n) is 2.82. The molecule has 2 rings (SSSR count). The van der Waals surface area contributed by atoms with Crippen molar-refractivity contribution in [1.82, 2.24) is 10.1 Å². The monoisotopic (exact) mass is 135 g/mol. The standard InChI is InChI=1S/C6H5N3O/c7-4-3-8-5-1-2-10-9-6(4)5/h1-3H,7H2. The van der Waals surface area contributed by atoms with Crippen molar-refractivity contribution >= 4 is 5.69 Å². The van der Waals surface area contributed by atoms with Crippen LogP contribution in [0.25, 0.3) is 11.4 Å².